The number of piperidine rings is 1. The Morgan fingerprint density at radius 2 is 1.95 bits per heavy atom. The van der Waals surface area contributed by atoms with Gasteiger partial charge in [-0.25, -0.2) is 4.98 Å². The van der Waals surface area contributed by atoms with Crippen molar-refractivity contribution in [1.29, 1.82) is 0 Å². The number of nitrogens with zero attached hydrogens (tertiary/aromatic N) is 1. The van der Waals surface area contributed by atoms with Crippen molar-refractivity contribution < 1.29 is 0 Å². The molecule has 1 atom stereocenters. The molecule has 0 bridgehead atoms. The summed E-state index contributed by atoms with van der Waals surface area (Å²) in [7, 11) is 0. The predicted molar refractivity (Wildman–Crippen MR) is 86.4 cm³/mol. The molecule has 0 radical (unpaired) electrons. The Balaban J connectivity index is 1.74. The molecule has 2 heterocycles. The Kier molecular flexibility index (Phi) is 3.20. The molecule has 1 unspecified atom stereocenters. The zero-order valence-electron chi connectivity index (χ0n) is 12.0. The standard InChI is InChI=1S/C18H19N3/c1-2-8-15-13(5-1)6-3-9-16(15)17-12-20-18(21-17)14-7-4-10-19-11-14/h1-3,5-6,8-9,12,14,19H,4,7,10-11H2,(H,20,21). The Hall–Kier alpha value is -2.13. The summed E-state index contributed by atoms with van der Waals surface area (Å²) in [5, 5.41) is 6.00. The molecule has 1 aliphatic rings. The smallest absolute Gasteiger partial charge is 0.110 e. The van der Waals surface area contributed by atoms with Crippen LogP contribution in [-0.2, 0) is 0 Å². The Labute approximate surface area is 124 Å². The van der Waals surface area contributed by atoms with Crippen LogP contribution in [0.25, 0.3) is 22.0 Å². The van der Waals surface area contributed by atoms with Crippen LogP contribution in [0.4, 0.5) is 0 Å². The van der Waals surface area contributed by atoms with E-state index in [0.717, 1.165) is 24.6 Å². The summed E-state index contributed by atoms with van der Waals surface area (Å²) in [5.41, 5.74) is 2.35. The fraction of sp³-hybridized carbons (Fsp3) is 0.278. The van der Waals surface area contributed by atoms with E-state index in [0.29, 0.717) is 5.92 Å². The third-order valence-corrected chi connectivity index (χ3v) is 4.36. The number of hydrogen-bond donors (Lipinski definition) is 2. The number of hydrogen-bond acceptors (Lipinski definition) is 2. The van der Waals surface area contributed by atoms with Crippen molar-refractivity contribution in [3.8, 4) is 11.3 Å². The maximum atomic E-state index is 4.63. The van der Waals surface area contributed by atoms with Gasteiger partial charge in [-0.15, -0.1) is 0 Å². The van der Waals surface area contributed by atoms with Crippen LogP contribution in [0.1, 0.15) is 24.6 Å². The molecule has 1 aliphatic heterocycles. The first-order valence-corrected chi connectivity index (χ1v) is 7.65. The lowest BCUT2D eigenvalue weighted by molar-refractivity contribution is 0.449. The van der Waals surface area contributed by atoms with Crippen molar-refractivity contribution in [2.75, 3.05) is 13.1 Å². The fourth-order valence-corrected chi connectivity index (χ4v) is 3.23. The SMILES string of the molecule is c1ccc2c(-c3cnc(C4CCCNC4)[nH]3)cccc2c1. The molecular weight excluding hydrogens is 258 g/mol. The molecule has 3 heteroatoms. The van der Waals surface area contributed by atoms with Crippen LogP contribution in [0.15, 0.2) is 48.7 Å². The molecule has 1 aromatic heterocycles. The van der Waals surface area contributed by atoms with E-state index in [1.54, 1.807) is 0 Å². The molecule has 21 heavy (non-hydrogen) atoms. The molecule has 1 saturated heterocycles. The van der Waals surface area contributed by atoms with Crippen molar-refractivity contribution in [1.82, 2.24) is 15.3 Å². The minimum atomic E-state index is 0.516. The van der Waals surface area contributed by atoms with Gasteiger partial charge >= 0.3 is 0 Å². The summed E-state index contributed by atoms with van der Waals surface area (Å²) in [6.07, 6.45) is 4.43. The minimum Gasteiger partial charge on any atom is -0.342 e. The monoisotopic (exact) mass is 277 g/mol. The van der Waals surface area contributed by atoms with Crippen LogP contribution in [0.5, 0.6) is 0 Å². The molecule has 0 saturated carbocycles. The third kappa shape index (κ3) is 2.34. The number of imidazole rings is 1. The van der Waals surface area contributed by atoms with E-state index in [2.05, 4.69) is 57.7 Å². The highest BCUT2D eigenvalue weighted by Crippen LogP contribution is 2.29. The summed E-state index contributed by atoms with van der Waals surface area (Å²) in [6, 6.07) is 14.9. The van der Waals surface area contributed by atoms with Crippen molar-refractivity contribution in [2.45, 2.75) is 18.8 Å². The Morgan fingerprint density at radius 1 is 1.05 bits per heavy atom. The molecule has 0 aliphatic carbocycles. The van der Waals surface area contributed by atoms with Crippen LogP contribution >= 0.6 is 0 Å². The molecular formula is C18H19N3. The molecule has 4 rings (SSSR count). The van der Waals surface area contributed by atoms with Gasteiger partial charge < -0.3 is 10.3 Å². The lowest BCUT2D eigenvalue weighted by Gasteiger charge is -2.20. The van der Waals surface area contributed by atoms with Crippen LogP contribution in [0, 0.1) is 0 Å². The van der Waals surface area contributed by atoms with Crippen LogP contribution in [-0.4, -0.2) is 23.1 Å². The largest absolute Gasteiger partial charge is 0.342 e. The molecule has 0 amide bonds. The van der Waals surface area contributed by atoms with E-state index in [4.69, 9.17) is 0 Å². The highest BCUT2D eigenvalue weighted by atomic mass is 15.0. The second-order valence-electron chi connectivity index (χ2n) is 5.75. The van der Waals surface area contributed by atoms with Crippen molar-refractivity contribution in [2.24, 2.45) is 0 Å². The molecule has 2 aromatic carbocycles. The van der Waals surface area contributed by atoms with Gasteiger partial charge in [-0.2, -0.15) is 0 Å². The minimum absolute atomic E-state index is 0.516. The topological polar surface area (TPSA) is 40.7 Å². The number of fused-ring (bicyclic) bond motifs is 1. The zero-order chi connectivity index (χ0) is 14.1. The second-order valence-corrected chi connectivity index (χ2v) is 5.75. The van der Waals surface area contributed by atoms with Gasteiger partial charge in [-0.3, -0.25) is 0 Å². The summed E-state index contributed by atoms with van der Waals surface area (Å²) in [6.45, 7) is 2.16. The van der Waals surface area contributed by atoms with Gasteiger partial charge in [0.1, 0.15) is 5.82 Å². The number of aromatic nitrogens is 2. The maximum Gasteiger partial charge on any atom is 0.110 e. The van der Waals surface area contributed by atoms with Gasteiger partial charge in [0.05, 0.1) is 11.9 Å². The average Bonchev–Trinajstić information content (AvgIpc) is 3.05. The van der Waals surface area contributed by atoms with E-state index in [1.165, 1.54) is 29.2 Å². The lowest BCUT2D eigenvalue weighted by atomic mass is 9.99. The van der Waals surface area contributed by atoms with Crippen molar-refractivity contribution in [3.05, 3.63) is 54.5 Å². The first-order valence-electron chi connectivity index (χ1n) is 7.65. The van der Waals surface area contributed by atoms with E-state index in [9.17, 15) is 0 Å². The molecule has 1 fully saturated rings. The summed E-state index contributed by atoms with van der Waals surface area (Å²) >= 11 is 0. The number of nitrogens with one attached hydrogen (secondary N) is 2. The number of aromatic amines is 1. The Morgan fingerprint density at radius 3 is 2.86 bits per heavy atom. The second kappa shape index (κ2) is 5.34. The normalized spacial score (nSPS) is 19.0. The number of H-pyrrole nitrogens is 1. The number of rotatable bonds is 2. The molecule has 106 valence electrons. The quantitative estimate of drug-likeness (QED) is 0.750. The highest BCUT2D eigenvalue weighted by molar-refractivity contribution is 5.95. The zero-order valence-corrected chi connectivity index (χ0v) is 12.0. The predicted octanol–water partition coefficient (Wildman–Crippen LogP) is 3.70. The van der Waals surface area contributed by atoms with Gasteiger partial charge in [0.15, 0.2) is 0 Å². The van der Waals surface area contributed by atoms with E-state index in [1.807, 2.05) is 6.20 Å². The van der Waals surface area contributed by atoms with E-state index in [-0.39, 0.29) is 0 Å². The van der Waals surface area contributed by atoms with Crippen molar-refractivity contribution in [3.63, 3.8) is 0 Å². The van der Waals surface area contributed by atoms with Gasteiger partial charge in [-0.1, -0.05) is 42.5 Å². The maximum absolute atomic E-state index is 4.63. The summed E-state index contributed by atoms with van der Waals surface area (Å²) in [4.78, 5) is 8.17. The molecule has 0 spiro atoms. The first-order chi connectivity index (χ1) is 10.4. The van der Waals surface area contributed by atoms with Gasteiger partial charge in [0.25, 0.3) is 0 Å². The molecule has 3 nitrogen and oxygen atoms in total. The van der Waals surface area contributed by atoms with Gasteiger partial charge in [0, 0.05) is 18.0 Å². The molecule has 3 aromatic rings. The van der Waals surface area contributed by atoms with E-state index >= 15 is 0 Å². The lowest BCUT2D eigenvalue weighted by Crippen LogP contribution is -2.28. The fourth-order valence-electron chi connectivity index (χ4n) is 3.23. The van der Waals surface area contributed by atoms with Crippen LogP contribution < -0.4 is 5.32 Å². The first kappa shape index (κ1) is 12.6. The highest BCUT2D eigenvalue weighted by Gasteiger charge is 2.18. The van der Waals surface area contributed by atoms with Crippen LogP contribution in [0.3, 0.4) is 0 Å². The number of benzene rings is 2. The Bertz CT molecular complexity index is 749. The summed E-state index contributed by atoms with van der Waals surface area (Å²) in [5.74, 6) is 1.63. The third-order valence-electron chi connectivity index (χ3n) is 4.36. The summed E-state index contributed by atoms with van der Waals surface area (Å²) < 4.78 is 0. The van der Waals surface area contributed by atoms with Crippen molar-refractivity contribution >= 4 is 10.8 Å². The van der Waals surface area contributed by atoms with Gasteiger partial charge in [0.2, 0.25) is 0 Å². The average molecular weight is 277 g/mol. The van der Waals surface area contributed by atoms with Gasteiger partial charge in [-0.05, 0) is 30.2 Å². The van der Waals surface area contributed by atoms with Crippen LogP contribution in [0.2, 0.25) is 0 Å². The molecule has 2 N–H and O–H groups in total. The van der Waals surface area contributed by atoms with E-state index < -0.39 is 0 Å².